The van der Waals surface area contributed by atoms with Crippen LogP contribution in [0.3, 0.4) is 0 Å². The lowest BCUT2D eigenvalue weighted by Crippen LogP contribution is -2.50. The van der Waals surface area contributed by atoms with Gasteiger partial charge in [-0.2, -0.15) is 0 Å². The van der Waals surface area contributed by atoms with Crippen LogP contribution in [-0.4, -0.2) is 76.6 Å². The van der Waals surface area contributed by atoms with Gasteiger partial charge in [-0.3, -0.25) is 0 Å². The van der Waals surface area contributed by atoms with Gasteiger partial charge in [-0.05, 0) is 44.7 Å². The molecule has 4 atom stereocenters. The number of nitrogens with one attached hydrogen (secondary N) is 2. The van der Waals surface area contributed by atoms with E-state index in [2.05, 4.69) is 36.8 Å². The predicted octanol–water partition coefficient (Wildman–Crippen LogP) is -0.478. The third-order valence-electron chi connectivity index (χ3n) is 3.53. The van der Waals surface area contributed by atoms with E-state index < -0.39 is 31.4 Å². The van der Waals surface area contributed by atoms with E-state index in [0.717, 1.165) is 6.16 Å². The quantitative estimate of drug-likeness (QED) is 0.317. The summed E-state index contributed by atoms with van der Waals surface area (Å²) < 4.78 is 7.43. The monoisotopic (exact) mass is 332 g/mol. The average Bonchev–Trinajstić information content (AvgIpc) is 2.64. The second-order valence-electron chi connectivity index (χ2n) is 6.08. The highest BCUT2D eigenvalue weighted by molar-refractivity contribution is 7.80. The number of aliphatic hydroxyl groups is 2. The minimum Gasteiger partial charge on any atom is -0.387 e. The van der Waals surface area contributed by atoms with Gasteiger partial charge in [-0.25, -0.2) is 15.2 Å². The Bertz CT molecular complexity index is 531. The first kappa shape index (κ1) is 16.6. The first-order valence-electron chi connectivity index (χ1n) is 6.76. The fourth-order valence-electron chi connectivity index (χ4n) is 2.34. The lowest BCUT2D eigenvalue weighted by Gasteiger charge is -2.22. The van der Waals surface area contributed by atoms with E-state index in [9.17, 15) is 10.2 Å². The third kappa shape index (κ3) is 3.93. The molecular weight excluding hydrogens is 309 g/mol. The minimum atomic E-state index is -1.19. The molecule has 1 unspecified atom stereocenters. The molecule has 2 aliphatic rings. The maximum absolute atomic E-state index is 10.2. The SMILES string of the molecule is C=C1NC(=S)NC=[N+]1[C@@H]1O[C@H](CCP(=C)(C)C)[C@@H](O)C1O. The van der Waals surface area contributed by atoms with Gasteiger partial charge in [0.1, 0.15) is 12.2 Å². The standard InChI is InChI=1S/C13H22N3O3PS/c1-8-15-13(21)14-7-16(8)12-11(18)10(17)9(19-12)5-6-20(2,3)4/h7,9-12,17-18H,1-2,5-6H2,3-4H3,(H,15,21)/p+1/t9-,10-,11?,12-/m1/s1. The van der Waals surface area contributed by atoms with Gasteiger partial charge < -0.3 is 14.9 Å². The number of ether oxygens (including phenoxy) is 1. The second kappa shape index (κ2) is 6.18. The maximum atomic E-state index is 10.2. The summed E-state index contributed by atoms with van der Waals surface area (Å²) in [6.07, 6.45) is 4.30. The molecule has 1 fully saturated rings. The third-order valence-corrected chi connectivity index (χ3v) is 5.22. The lowest BCUT2D eigenvalue weighted by molar-refractivity contribution is -0.579. The average molecular weight is 332 g/mol. The molecule has 4 N–H and O–H groups in total. The Morgan fingerprint density at radius 3 is 2.67 bits per heavy atom. The van der Waals surface area contributed by atoms with E-state index in [1.807, 2.05) is 0 Å². The van der Waals surface area contributed by atoms with Crippen molar-refractivity contribution in [2.24, 2.45) is 0 Å². The van der Waals surface area contributed by atoms with Gasteiger partial charge >= 0.3 is 0 Å². The Kier molecular flexibility index (Phi) is 4.90. The van der Waals surface area contributed by atoms with Crippen LogP contribution in [0.15, 0.2) is 12.4 Å². The Hall–Kier alpha value is -0.720. The summed E-state index contributed by atoms with van der Waals surface area (Å²) in [6, 6.07) is 0. The van der Waals surface area contributed by atoms with E-state index in [-0.39, 0.29) is 0 Å². The molecule has 2 aliphatic heterocycles. The van der Waals surface area contributed by atoms with E-state index >= 15 is 0 Å². The molecule has 21 heavy (non-hydrogen) atoms. The predicted molar refractivity (Wildman–Crippen MR) is 90.4 cm³/mol. The van der Waals surface area contributed by atoms with Crippen molar-refractivity contribution in [1.82, 2.24) is 10.6 Å². The normalized spacial score (nSPS) is 33.4. The lowest BCUT2D eigenvalue weighted by atomic mass is 10.1. The van der Waals surface area contributed by atoms with Crippen LogP contribution in [-0.2, 0) is 4.74 Å². The van der Waals surface area contributed by atoms with Crippen LogP contribution in [0, 0.1) is 0 Å². The molecule has 0 saturated carbocycles. The topological polar surface area (TPSA) is 76.8 Å². The summed E-state index contributed by atoms with van der Waals surface area (Å²) in [6.45, 7) is 6.92. The minimum absolute atomic E-state index is 0.402. The van der Waals surface area contributed by atoms with Crippen LogP contribution in [0.4, 0.5) is 0 Å². The number of thiocarbonyl (C=S) groups is 1. The molecule has 1 saturated heterocycles. The number of hydrogen-bond acceptors (Lipinski definition) is 4. The molecule has 2 heterocycles. The van der Waals surface area contributed by atoms with Gasteiger partial charge in [0.05, 0.1) is 6.10 Å². The molecule has 2 rings (SSSR count). The van der Waals surface area contributed by atoms with Crippen LogP contribution >= 0.6 is 19.1 Å². The molecule has 6 nitrogen and oxygen atoms in total. The molecule has 0 radical (unpaired) electrons. The van der Waals surface area contributed by atoms with Gasteiger partial charge in [-0.1, -0.05) is 0 Å². The summed E-state index contributed by atoms with van der Waals surface area (Å²) in [5.74, 6) is 0.501. The van der Waals surface area contributed by atoms with Crippen LogP contribution in [0.1, 0.15) is 6.42 Å². The van der Waals surface area contributed by atoms with Gasteiger partial charge in [-0.15, -0.1) is 13.2 Å². The Labute approximate surface area is 130 Å². The van der Waals surface area contributed by atoms with Gasteiger partial charge in [0.25, 0.3) is 5.11 Å². The maximum Gasteiger partial charge on any atom is 0.294 e. The molecule has 118 valence electrons. The van der Waals surface area contributed by atoms with Crippen molar-refractivity contribution in [3.8, 4) is 0 Å². The highest BCUT2D eigenvalue weighted by Crippen LogP contribution is 2.38. The molecule has 0 aliphatic carbocycles. The Morgan fingerprint density at radius 2 is 2.10 bits per heavy atom. The van der Waals surface area contributed by atoms with Crippen molar-refractivity contribution in [2.75, 3.05) is 19.5 Å². The summed E-state index contributed by atoms with van der Waals surface area (Å²) in [7, 11) is 0. The second-order valence-corrected chi connectivity index (χ2v) is 10.8. The number of rotatable bonds is 4. The molecule has 0 aromatic carbocycles. The molecule has 0 spiro atoms. The van der Waals surface area contributed by atoms with E-state index in [1.54, 1.807) is 10.9 Å². The molecule has 8 heteroatoms. The zero-order valence-electron chi connectivity index (χ0n) is 12.3. The van der Waals surface area contributed by atoms with Gasteiger partial charge in [0, 0.05) is 0 Å². The highest BCUT2D eigenvalue weighted by atomic mass is 32.1. The first-order valence-corrected chi connectivity index (χ1v) is 10.2. The Morgan fingerprint density at radius 1 is 1.43 bits per heavy atom. The van der Waals surface area contributed by atoms with Crippen LogP contribution < -0.4 is 10.6 Å². The summed E-state index contributed by atoms with van der Waals surface area (Å²) >= 11 is 4.97. The van der Waals surface area contributed by atoms with Crippen LogP contribution in [0.2, 0.25) is 0 Å². The zero-order chi connectivity index (χ0) is 15.8. The van der Waals surface area contributed by atoms with Crippen molar-refractivity contribution in [3.63, 3.8) is 0 Å². The fraction of sp³-hybridized carbons (Fsp3) is 0.615. The number of hydrogen-bond donors (Lipinski definition) is 4. The van der Waals surface area contributed by atoms with E-state index in [0.29, 0.717) is 17.4 Å². The highest BCUT2D eigenvalue weighted by Gasteiger charge is 2.47. The van der Waals surface area contributed by atoms with Crippen molar-refractivity contribution in [3.05, 3.63) is 12.4 Å². The molecule has 0 bridgehead atoms. The molecule has 0 aromatic rings. The molecule has 0 amide bonds. The van der Waals surface area contributed by atoms with Crippen molar-refractivity contribution in [2.45, 2.75) is 31.0 Å². The van der Waals surface area contributed by atoms with Gasteiger partial charge in [0.15, 0.2) is 6.34 Å². The van der Waals surface area contributed by atoms with E-state index in [1.165, 1.54) is 0 Å². The summed E-state index contributed by atoms with van der Waals surface area (Å²) in [5.41, 5.74) is 0. The zero-order valence-corrected chi connectivity index (χ0v) is 14.0. The van der Waals surface area contributed by atoms with Crippen molar-refractivity contribution >= 4 is 36.9 Å². The largest absolute Gasteiger partial charge is 0.387 e. The fourth-order valence-corrected chi connectivity index (χ4v) is 3.46. The number of nitrogens with zero attached hydrogens (tertiary/aromatic N) is 1. The van der Waals surface area contributed by atoms with E-state index in [4.69, 9.17) is 17.0 Å². The van der Waals surface area contributed by atoms with Gasteiger partial charge in [0.2, 0.25) is 12.0 Å². The number of aliphatic hydroxyl groups excluding tert-OH is 2. The summed E-state index contributed by atoms with van der Waals surface area (Å²) in [5, 5.41) is 26.5. The summed E-state index contributed by atoms with van der Waals surface area (Å²) in [4.78, 5) is 0. The van der Waals surface area contributed by atoms with Crippen LogP contribution in [0.25, 0.3) is 0 Å². The molecular formula is C13H23N3O3PS+. The smallest absolute Gasteiger partial charge is 0.294 e. The van der Waals surface area contributed by atoms with Crippen molar-refractivity contribution < 1.29 is 19.5 Å². The first-order chi connectivity index (χ1) is 9.69. The van der Waals surface area contributed by atoms with Crippen molar-refractivity contribution in [1.29, 1.82) is 0 Å². The Balaban J connectivity index is 2.08. The molecule has 0 aromatic heterocycles. The van der Waals surface area contributed by atoms with Crippen LogP contribution in [0.5, 0.6) is 0 Å².